The molecule has 0 fully saturated rings. The summed E-state index contributed by atoms with van der Waals surface area (Å²) < 4.78 is 28.0. The van der Waals surface area contributed by atoms with Gasteiger partial charge in [0.05, 0.1) is 0 Å². The van der Waals surface area contributed by atoms with E-state index in [1.54, 1.807) is 0 Å². The van der Waals surface area contributed by atoms with E-state index in [0.29, 0.717) is 5.69 Å². The van der Waals surface area contributed by atoms with Gasteiger partial charge in [-0.05, 0) is 36.4 Å². The third-order valence-electron chi connectivity index (χ3n) is 3.09. The Balaban J connectivity index is 1.94. The average molecular weight is 258 g/mol. The van der Waals surface area contributed by atoms with E-state index >= 15 is 0 Å². The molecule has 0 spiro atoms. The zero-order chi connectivity index (χ0) is 13.4. The van der Waals surface area contributed by atoms with Crippen molar-refractivity contribution in [3.63, 3.8) is 0 Å². The van der Waals surface area contributed by atoms with E-state index in [2.05, 4.69) is 5.32 Å². The van der Waals surface area contributed by atoms with Crippen molar-refractivity contribution >= 4 is 22.3 Å². The Hall–Kier alpha value is -2.36. The van der Waals surface area contributed by atoms with Crippen LogP contribution >= 0.6 is 0 Å². The van der Waals surface area contributed by atoms with Crippen LogP contribution in [-0.2, 0) is 7.05 Å². The number of anilines is 2. The number of aryl methyl sites for hydroxylation is 1. The highest BCUT2D eigenvalue weighted by atomic mass is 19.2. The summed E-state index contributed by atoms with van der Waals surface area (Å²) in [5.41, 5.74) is 2.48. The van der Waals surface area contributed by atoms with E-state index in [-0.39, 0.29) is 0 Å². The van der Waals surface area contributed by atoms with Crippen LogP contribution in [0.1, 0.15) is 0 Å². The summed E-state index contributed by atoms with van der Waals surface area (Å²) >= 11 is 0. The van der Waals surface area contributed by atoms with Gasteiger partial charge in [0.15, 0.2) is 11.6 Å². The third-order valence-corrected chi connectivity index (χ3v) is 3.09. The minimum Gasteiger partial charge on any atom is -0.355 e. The van der Waals surface area contributed by atoms with Crippen molar-refractivity contribution in [1.29, 1.82) is 0 Å². The van der Waals surface area contributed by atoms with Crippen molar-refractivity contribution < 1.29 is 8.78 Å². The van der Waals surface area contributed by atoms with Gasteiger partial charge in [-0.2, -0.15) is 0 Å². The minimum atomic E-state index is -0.856. The van der Waals surface area contributed by atoms with E-state index in [4.69, 9.17) is 0 Å². The van der Waals surface area contributed by atoms with E-state index in [0.717, 1.165) is 28.7 Å². The van der Waals surface area contributed by atoms with Gasteiger partial charge in [-0.25, -0.2) is 8.78 Å². The van der Waals surface area contributed by atoms with Crippen LogP contribution in [0.15, 0.2) is 48.7 Å². The van der Waals surface area contributed by atoms with Gasteiger partial charge in [0, 0.05) is 41.6 Å². The second kappa shape index (κ2) is 4.39. The molecule has 1 heterocycles. The SMILES string of the molecule is Cn1ccc2cc(Nc3ccc(F)c(F)c3)ccc21. The molecule has 2 aromatic carbocycles. The highest BCUT2D eigenvalue weighted by molar-refractivity contribution is 5.84. The number of rotatable bonds is 2. The van der Waals surface area contributed by atoms with Gasteiger partial charge in [0.2, 0.25) is 0 Å². The van der Waals surface area contributed by atoms with Gasteiger partial charge in [-0.1, -0.05) is 0 Å². The van der Waals surface area contributed by atoms with Crippen LogP contribution < -0.4 is 5.32 Å². The predicted molar refractivity (Wildman–Crippen MR) is 72.6 cm³/mol. The predicted octanol–water partition coefficient (Wildman–Crippen LogP) is 4.20. The molecule has 0 atom stereocenters. The number of hydrogen-bond donors (Lipinski definition) is 1. The largest absolute Gasteiger partial charge is 0.355 e. The summed E-state index contributed by atoms with van der Waals surface area (Å²) in [5, 5.41) is 4.15. The topological polar surface area (TPSA) is 17.0 Å². The summed E-state index contributed by atoms with van der Waals surface area (Å²) in [7, 11) is 1.98. The number of nitrogens with zero attached hydrogens (tertiary/aromatic N) is 1. The number of nitrogens with one attached hydrogen (secondary N) is 1. The summed E-state index contributed by atoms with van der Waals surface area (Å²) in [6.45, 7) is 0. The van der Waals surface area contributed by atoms with Gasteiger partial charge in [-0.3, -0.25) is 0 Å². The van der Waals surface area contributed by atoms with Gasteiger partial charge < -0.3 is 9.88 Å². The number of hydrogen-bond acceptors (Lipinski definition) is 1. The quantitative estimate of drug-likeness (QED) is 0.729. The van der Waals surface area contributed by atoms with E-state index in [1.807, 2.05) is 42.1 Å². The summed E-state index contributed by atoms with van der Waals surface area (Å²) in [4.78, 5) is 0. The Morgan fingerprint density at radius 2 is 1.63 bits per heavy atom. The van der Waals surface area contributed by atoms with Crippen LogP contribution in [0.4, 0.5) is 20.2 Å². The Labute approximate surface area is 109 Å². The fraction of sp³-hybridized carbons (Fsp3) is 0.0667. The number of aromatic nitrogens is 1. The second-order valence-corrected chi connectivity index (χ2v) is 4.45. The highest BCUT2D eigenvalue weighted by Crippen LogP contribution is 2.23. The molecular formula is C15H12F2N2. The van der Waals surface area contributed by atoms with Crippen molar-refractivity contribution in [2.24, 2.45) is 7.05 Å². The fourth-order valence-electron chi connectivity index (χ4n) is 2.10. The zero-order valence-corrected chi connectivity index (χ0v) is 10.3. The molecule has 0 saturated heterocycles. The number of benzene rings is 2. The van der Waals surface area contributed by atoms with Gasteiger partial charge >= 0.3 is 0 Å². The average Bonchev–Trinajstić information content (AvgIpc) is 2.75. The molecule has 19 heavy (non-hydrogen) atoms. The lowest BCUT2D eigenvalue weighted by Gasteiger charge is -2.07. The molecule has 0 amide bonds. The monoisotopic (exact) mass is 258 g/mol. The maximum Gasteiger partial charge on any atom is 0.160 e. The van der Waals surface area contributed by atoms with Crippen LogP contribution in [0.2, 0.25) is 0 Å². The third kappa shape index (κ3) is 2.17. The first kappa shape index (κ1) is 11.7. The van der Waals surface area contributed by atoms with Crippen LogP contribution in [0.25, 0.3) is 10.9 Å². The highest BCUT2D eigenvalue weighted by Gasteiger charge is 2.04. The fourth-order valence-corrected chi connectivity index (χ4v) is 2.10. The van der Waals surface area contributed by atoms with Crippen molar-refractivity contribution in [2.75, 3.05) is 5.32 Å². The lowest BCUT2D eigenvalue weighted by Crippen LogP contribution is -1.93. The summed E-state index contributed by atoms with van der Waals surface area (Å²) in [6, 6.07) is 11.6. The van der Waals surface area contributed by atoms with E-state index < -0.39 is 11.6 Å². The molecule has 0 saturated carbocycles. The molecule has 2 nitrogen and oxygen atoms in total. The molecule has 3 rings (SSSR count). The molecule has 96 valence electrons. The minimum absolute atomic E-state index is 0.522. The van der Waals surface area contributed by atoms with Crippen molar-refractivity contribution in [2.45, 2.75) is 0 Å². The van der Waals surface area contributed by atoms with Crippen LogP contribution in [-0.4, -0.2) is 4.57 Å². The smallest absolute Gasteiger partial charge is 0.160 e. The lowest BCUT2D eigenvalue weighted by molar-refractivity contribution is 0.509. The van der Waals surface area contributed by atoms with E-state index in [9.17, 15) is 8.78 Å². The summed E-state index contributed by atoms with van der Waals surface area (Å²) in [6.07, 6.45) is 1.98. The maximum absolute atomic E-state index is 13.1. The standard InChI is InChI=1S/C15H12F2N2/c1-19-7-6-10-8-11(3-5-15(10)19)18-12-2-4-13(16)14(17)9-12/h2-9,18H,1H3. The molecule has 4 heteroatoms. The van der Waals surface area contributed by atoms with Crippen LogP contribution in [0.3, 0.4) is 0 Å². The molecule has 1 aromatic heterocycles. The van der Waals surface area contributed by atoms with Crippen molar-refractivity contribution in [3.05, 3.63) is 60.3 Å². The molecule has 0 aliphatic rings. The normalized spacial score (nSPS) is 10.9. The lowest BCUT2D eigenvalue weighted by atomic mass is 10.2. The Morgan fingerprint density at radius 1 is 0.895 bits per heavy atom. The molecule has 3 aromatic rings. The van der Waals surface area contributed by atoms with Crippen LogP contribution in [0.5, 0.6) is 0 Å². The molecule has 0 bridgehead atoms. The number of fused-ring (bicyclic) bond motifs is 1. The Morgan fingerprint density at radius 3 is 2.42 bits per heavy atom. The van der Waals surface area contributed by atoms with E-state index in [1.165, 1.54) is 6.07 Å². The molecular weight excluding hydrogens is 246 g/mol. The number of halogens is 2. The zero-order valence-electron chi connectivity index (χ0n) is 10.3. The van der Waals surface area contributed by atoms with Gasteiger partial charge in [0.25, 0.3) is 0 Å². The van der Waals surface area contributed by atoms with Gasteiger partial charge in [-0.15, -0.1) is 0 Å². The van der Waals surface area contributed by atoms with Crippen molar-refractivity contribution in [1.82, 2.24) is 4.57 Å². The summed E-state index contributed by atoms with van der Waals surface area (Å²) in [5.74, 6) is -1.70. The molecule has 0 aliphatic heterocycles. The second-order valence-electron chi connectivity index (χ2n) is 4.45. The van der Waals surface area contributed by atoms with Gasteiger partial charge in [0.1, 0.15) is 0 Å². The van der Waals surface area contributed by atoms with Crippen molar-refractivity contribution in [3.8, 4) is 0 Å². The Kier molecular flexibility index (Phi) is 2.71. The first-order chi connectivity index (χ1) is 9.13. The molecule has 1 N–H and O–H groups in total. The van der Waals surface area contributed by atoms with Crippen LogP contribution in [0, 0.1) is 11.6 Å². The maximum atomic E-state index is 13.1. The molecule has 0 unspecified atom stereocenters. The molecule has 0 aliphatic carbocycles. The Bertz CT molecular complexity index is 747. The first-order valence-corrected chi connectivity index (χ1v) is 5.91. The first-order valence-electron chi connectivity index (χ1n) is 5.91. The molecule has 0 radical (unpaired) electrons.